The fraction of sp³-hybridized carbons (Fsp3) is 0.500. The molecule has 1 aromatic rings. The van der Waals surface area contributed by atoms with Gasteiger partial charge in [0, 0.05) is 16.7 Å². The van der Waals surface area contributed by atoms with Crippen LogP contribution in [0.2, 0.25) is 0 Å². The Balaban J connectivity index is 2.63. The van der Waals surface area contributed by atoms with E-state index in [1.165, 1.54) is 6.07 Å². The summed E-state index contributed by atoms with van der Waals surface area (Å²) >= 11 is 3.22. The minimum absolute atomic E-state index is 0.229. The average Bonchev–Trinajstić information content (AvgIpc) is 2.28. The normalized spacial score (nSPS) is 11.7. The molecule has 0 saturated heterocycles. The topological polar surface area (TPSA) is 72.2 Å². The van der Waals surface area contributed by atoms with Crippen LogP contribution in [0, 0.1) is 0 Å². The number of benzene rings is 1. The van der Waals surface area contributed by atoms with Gasteiger partial charge in [-0.1, -0.05) is 26.2 Å². The third-order valence-corrected chi connectivity index (χ3v) is 5.01. The summed E-state index contributed by atoms with van der Waals surface area (Å²) in [4.78, 5) is 0.229. The number of unbranched alkanes of at least 4 members (excludes halogenated alkanes) is 3. The first-order chi connectivity index (χ1) is 8.47. The lowest BCUT2D eigenvalue weighted by Crippen LogP contribution is -2.25. The summed E-state index contributed by atoms with van der Waals surface area (Å²) in [5.41, 5.74) is 6.11. The van der Waals surface area contributed by atoms with Crippen molar-refractivity contribution in [3.8, 4) is 0 Å². The van der Waals surface area contributed by atoms with Crippen molar-refractivity contribution in [2.24, 2.45) is 0 Å². The number of sulfonamides is 1. The van der Waals surface area contributed by atoms with Crippen LogP contribution in [0.4, 0.5) is 5.69 Å². The summed E-state index contributed by atoms with van der Waals surface area (Å²) in [6.45, 7) is 2.59. The quantitative estimate of drug-likeness (QED) is 0.594. The van der Waals surface area contributed by atoms with Crippen LogP contribution in [-0.2, 0) is 10.0 Å². The number of nitrogens with one attached hydrogen (secondary N) is 1. The largest absolute Gasteiger partial charge is 0.399 e. The summed E-state index contributed by atoms with van der Waals surface area (Å²) in [6.07, 6.45) is 4.17. The Morgan fingerprint density at radius 1 is 1.28 bits per heavy atom. The van der Waals surface area contributed by atoms with E-state index in [-0.39, 0.29) is 4.90 Å². The highest BCUT2D eigenvalue weighted by Crippen LogP contribution is 2.23. The standard InChI is InChI=1S/C12H19BrN2O2S/c1-2-3-4-5-8-15-18(16,17)12-7-6-10(14)9-11(12)13/h6-7,9,15H,2-5,8,14H2,1H3. The molecule has 0 radical (unpaired) electrons. The maximum atomic E-state index is 12.0. The molecular weight excluding hydrogens is 316 g/mol. The Labute approximate surface area is 117 Å². The molecule has 0 aliphatic carbocycles. The molecule has 0 saturated carbocycles. The summed E-state index contributed by atoms with van der Waals surface area (Å²) in [5, 5.41) is 0. The fourth-order valence-corrected chi connectivity index (χ4v) is 3.74. The second-order valence-corrected chi connectivity index (χ2v) is 6.74. The fourth-order valence-electron chi connectivity index (χ4n) is 1.57. The summed E-state index contributed by atoms with van der Waals surface area (Å²) in [6, 6.07) is 4.68. The van der Waals surface area contributed by atoms with Gasteiger partial charge in [0.05, 0.1) is 4.90 Å². The Kier molecular flexibility index (Phi) is 6.11. The third kappa shape index (κ3) is 4.59. The third-order valence-electron chi connectivity index (χ3n) is 2.57. The molecule has 0 heterocycles. The van der Waals surface area contributed by atoms with Crippen molar-refractivity contribution < 1.29 is 8.42 Å². The molecular formula is C12H19BrN2O2S. The number of nitrogen functional groups attached to an aromatic ring is 1. The van der Waals surface area contributed by atoms with Gasteiger partial charge in [-0.2, -0.15) is 0 Å². The minimum atomic E-state index is -3.45. The van der Waals surface area contributed by atoms with E-state index in [2.05, 4.69) is 27.6 Å². The van der Waals surface area contributed by atoms with Crippen molar-refractivity contribution in [3.05, 3.63) is 22.7 Å². The van der Waals surface area contributed by atoms with Gasteiger partial charge in [0.1, 0.15) is 0 Å². The zero-order chi connectivity index (χ0) is 13.6. The average molecular weight is 335 g/mol. The highest BCUT2D eigenvalue weighted by atomic mass is 79.9. The number of halogens is 1. The van der Waals surface area contributed by atoms with Crippen molar-refractivity contribution in [1.82, 2.24) is 4.72 Å². The van der Waals surface area contributed by atoms with Crippen LogP contribution in [0.5, 0.6) is 0 Å². The Morgan fingerprint density at radius 3 is 2.61 bits per heavy atom. The van der Waals surface area contributed by atoms with Crippen molar-refractivity contribution >= 4 is 31.6 Å². The van der Waals surface area contributed by atoms with Crippen LogP contribution < -0.4 is 10.5 Å². The van der Waals surface area contributed by atoms with Gasteiger partial charge in [0.15, 0.2) is 0 Å². The lowest BCUT2D eigenvalue weighted by atomic mass is 10.2. The Morgan fingerprint density at radius 2 is 2.00 bits per heavy atom. The maximum Gasteiger partial charge on any atom is 0.241 e. The first-order valence-corrected chi connectivity index (χ1v) is 8.29. The molecule has 0 aromatic heterocycles. The molecule has 0 fully saturated rings. The van der Waals surface area contributed by atoms with E-state index in [0.717, 1.165) is 25.7 Å². The molecule has 0 bridgehead atoms. The van der Waals surface area contributed by atoms with Crippen LogP contribution in [0.3, 0.4) is 0 Å². The zero-order valence-corrected chi connectivity index (χ0v) is 12.9. The predicted molar refractivity (Wildman–Crippen MR) is 77.9 cm³/mol. The second-order valence-electron chi connectivity index (χ2n) is 4.15. The predicted octanol–water partition coefficient (Wildman–Crippen LogP) is 2.89. The Bertz CT molecular complexity index is 489. The van der Waals surface area contributed by atoms with Crippen molar-refractivity contribution in [1.29, 1.82) is 0 Å². The van der Waals surface area contributed by atoms with Crippen molar-refractivity contribution in [3.63, 3.8) is 0 Å². The van der Waals surface area contributed by atoms with Crippen LogP contribution >= 0.6 is 15.9 Å². The van der Waals surface area contributed by atoms with E-state index in [4.69, 9.17) is 5.73 Å². The zero-order valence-electron chi connectivity index (χ0n) is 10.4. The summed E-state index contributed by atoms with van der Waals surface area (Å²) in [7, 11) is -3.45. The Hall–Kier alpha value is -0.590. The van der Waals surface area contributed by atoms with Crippen LogP contribution in [0.25, 0.3) is 0 Å². The van der Waals surface area contributed by atoms with Gasteiger partial charge < -0.3 is 5.73 Å². The van der Waals surface area contributed by atoms with E-state index in [1.807, 2.05) is 0 Å². The minimum Gasteiger partial charge on any atom is -0.399 e. The lowest BCUT2D eigenvalue weighted by molar-refractivity contribution is 0.573. The SMILES string of the molecule is CCCCCCNS(=O)(=O)c1ccc(N)cc1Br. The van der Waals surface area contributed by atoms with Gasteiger partial charge in [0.2, 0.25) is 10.0 Å². The molecule has 0 amide bonds. The van der Waals surface area contributed by atoms with E-state index in [9.17, 15) is 8.42 Å². The molecule has 0 spiro atoms. The van der Waals surface area contributed by atoms with Gasteiger partial charge in [-0.15, -0.1) is 0 Å². The monoisotopic (exact) mass is 334 g/mol. The van der Waals surface area contributed by atoms with Crippen LogP contribution in [0.15, 0.2) is 27.6 Å². The summed E-state index contributed by atoms with van der Waals surface area (Å²) in [5.74, 6) is 0. The number of hydrogen-bond donors (Lipinski definition) is 2. The summed E-state index contributed by atoms with van der Waals surface area (Å²) < 4.78 is 27.1. The van der Waals surface area contributed by atoms with Gasteiger partial charge in [-0.3, -0.25) is 0 Å². The highest BCUT2D eigenvalue weighted by molar-refractivity contribution is 9.10. The smallest absolute Gasteiger partial charge is 0.241 e. The van der Waals surface area contributed by atoms with Gasteiger partial charge in [0.25, 0.3) is 0 Å². The van der Waals surface area contributed by atoms with Crippen LogP contribution in [-0.4, -0.2) is 15.0 Å². The first kappa shape index (κ1) is 15.5. The van der Waals surface area contributed by atoms with Gasteiger partial charge >= 0.3 is 0 Å². The molecule has 0 atom stereocenters. The van der Waals surface area contributed by atoms with E-state index >= 15 is 0 Å². The van der Waals surface area contributed by atoms with Crippen molar-refractivity contribution in [2.75, 3.05) is 12.3 Å². The van der Waals surface area contributed by atoms with E-state index in [0.29, 0.717) is 16.7 Å². The second kappa shape index (κ2) is 7.11. The lowest BCUT2D eigenvalue weighted by Gasteiger charge is -2.08. The highest BCUT2D eigenvalue weighted by Gasteiger charge is 2.16. The van der Waals surface area contributed by atoms with E-state index in [1.54, 1.807) is 12.1 Å². The molecule has 6 heteroatoms. The first-order valence-electron chi connectivity index (χ1n) is 6.02. The molecule has 3 N–H and O–H groups in total. The molecule has 4 nitrogen and oxygen atoms in total. The number of anilines is 1. The number of nitrogens with two attached hydrogens (primary N) is 1. The molecule has 0 unspecified atom stereocenters. The molecule has 0 aliphatic heterocycles. The number of hydrogen-bond acceptors (Lipinski definition) is 3. The van der Waals surface area contributed by atoms with Crippen molar-refractivity contribution in [2.45, 2.75) is 37.5 Å². The molecule has 1 rings (SSSR count). The molecule has 1 aromatic carbocycles. The van der Waals surface area contributed by atoms with E-state index < -0.39 is 10.0 Å². The van der Waals surface area contributed by atoms with Crippen LogP contribution in [0.1, 0.15) is 32.6 Å². The number of rotatable bonds is 7. The van der Waals surface area contributed by atoms with Gasteiger partial charge in [-0.25, -0.2) is 13.1 Å². The molecule has 102 valence electrons. The maximum absolute atomic E-state index is 12.0. The molecule has 18 heavy (non-hydrogen) atoms. The van der Waals surface area contributed by atoms with Gasteiger partial charge in [-0.05, 0) is 40.5 Å². The molecule has 0 aliphatic rings.